The number of hydrogen-bond donors (Lipinski definition) is 2. The normalized spacial score (nSPS) is 19.4. The minimum Gasteiger partial charge on any atom is -0.372 e. The van der Waals surface area contributed by atoms with Gasteiger partial charge < -0.3 is 20.3 Å². The average Bonchev–Trinajstić information content (AvgIpc) is 2.76. The zero-order chi connectivity index (χ0) is 21.3. The van der Waals surface area contributed by atoms with Crippen molar-refractivity contribution in [3.05, 3.63) is 71.3 Å². The summed E-state index contributed by atoms with van der Waals surface area (Å²) in [6.07, 6.45) is 1.08. The Bertz CT molecular complexity index is 826. The van der Waals surface area contributed by atoms with Gasteiger partial charge in [0, 0.05) is 38.8 Å². The molecule has 2 unspecified atom stereocenters. The summed E-state index contributed by atoms with van der Waals surface area (Å²) in [7, 11) is 1.77. The topological polar surface area (TPSA) is 66.0 Å². The van der Waals surface area contributed by atoms with Crippen molar-refractivity contribution in [3.8, 4) is 0 Å². The predicted molar refractivity (Wildman–Crippen MR) is 121 cm³/mol. The van der Waals surface area contributed by atoms with Crippen LogP contribution in [0.2, 0.25) is 0 Å². The molecule has 1 fully saturated rings. The molecule has 1 saturated heterocycles. The van der Waals surface area contributed by atoms with E-state index in [1.54, 1.807) is 7.05 Å². The van der Waals surface area contributed by atoms with Crippen molar-refractivity contribution in [3.63, 3.8) is 0 Å². The highest BCUT2D eigenvalue weighted by Gasteiger charge is 2.26. The lowest BCUT2D eigenvalue weighted by atomic mass is 10.1. The number of amides is 1. The molecule has 1 aliphatic heterocycles. The van der Waals surface area contributed by atoms with E-state index in [2.05, 4.69) is 39.9 Å². The van der Waals surface area contributed by atoms with Crippen LogP contribution in [-0.4, -0.2) is 55.7 Å². The van der Waals surface area contributed by atoms with Gasteiger partial charge in [-0.1, -0.05) is 42.5 Å². The summed E-state index contributed by atoms with van der Waals surface area (Å²) in [5, 5.41) is 6.66. The molecule has 0 aromatic heterocycles. The number of aliphatic imine (C=N–C) groups is 1. The largest absolute Gasteiger partial charge is 0.372 e. The van der Waals surface area contributed by atoms with E-state index in [4.69, 9.17) is 4.74 Å². The Morgan fingerprint density at radius 3 is 2.30 bits per heavy atom. The molecule has 0 radical (unpaired) electrons. The molecule has 0 bridgehead atoms. The van der Waals surface area contributed by atoms with E-state index in [1.807, 2.05) is 49.1 Å². The average molecular weight is 409 g/mol. The van der Waals surface area contributed by atoms with E-state index in [9.17, 15) is 4.79 Å². The smallest absolute Gasteiger partial charge is 0.254 e. The summed E-state index contributed by atoms with van der Waals surface area (Å²) < 4.78 is 5.72. The van der Waals surface area contributed by atoms with E-state index >= 15 is 0 Å². The molecule has 0 aliphatic carbocycles. The number of morpholine rings is 1. The maximum absolute atomic E-state index is 12.8. The van der Waals surface area contributed by atoms with Gasteiger partial charge >= 0.3 is 0 Å². The van der Waals surface area contributed by atoms with Gasteiger partial charge in [-0.05, 0) is 43.5 Å². The lowest BCUT2D eigenvalue weighted by molar-refractivity contribution is -0.0586. The lowest BCUT2D eigenvalue weighted by Crippen LogP contribution is -2.48. The second-order valence-corrected chi connectivity index (χ2v) is 7.75. The summed E-state index contributed by atoms with van der Waals surface area (Å²) >= 11 is 0. The van der Waals surface area contributed by atoms with Crippen LogP contribution in [0, 0.1) is 0 Å². The second kappa shape index (κ2) is 10.8. The summed E-state index contributed by atoms with van der Waals surface area (Å²) in [5.41, 5.74) is 3.11. The summed E-state index contributed by atoms with van der Waals surface area (Å²) in [6.45, 7) is 6.74. The molecular formula is C24H32N4O2. The Morgan fingerprint density at radius 2 is 1.67 bits per heavy atom. The van der Waals surface area contributed by atoms with Gasteiger partial charge in [0.1, 0.15) is 0 Å². The van der Waals surface area contributed by atoms with Crippen LogP contribution in [0.4, 0.5) is 0 Å². The first-order valence-electron chi connectivity index (χ1n) is 10.6. The Labute approximate surface area is 179 Å². The van der Waals surface area contributed by atoms with Crippen LogP contribution in [0.25, 0.3) is 0 Å². The molecule has 2 atom stereocenters. The number of benzene rings is 2. The van der Waals surface area contributed by atoms with E-state index in [1.165, 1.54) is 5.56 Å². The van der Waals surface area contributed by atoms with Crippen molar-refractivity contribution in [2.45, 2.75) is 39.0 Å². The molecule has 160 valence electrons. The quantitative estimate of drug-likeness (QED) is 0.570. The molecule has 6 nitrogen and oxygen atoms in total. The SMILES string of the molecule is CN=C(NCCc1ccccc1)NCc1ccc(C(=O)N2CC(C)OC(C)C2)cc1. The van der Waals surface area contributed by atoms with E-state index in [0.717, 1.165) is 24.5 Å². The van der Waals surface area contributed by atoms with Gasteiger partial charge in [0.15, 0.2) is 5.96 Å². The van der Waals surface area contributed by atoms with Crippen molar-refractivity contribution in [1.82, 2.24) is 15.5 Å². The molecule has 2 aromatic carbocycles. The van der Waals surface area contributed by atoms with Gasteiger partial charge in [0.25, 0.3) is 5.91 Å². The number of nitrogens with one attached hydrogen (secondary N) is 2. The maximum atomic E-state index is 12.8. The van der Waals surface area contributed by atoms with Crippen LogP contribution in [0.1, 0.15) is 35.3 Å². The molecule has 0 spiro atoms. The molecule has 6 heteroatoms. The van der Waals surface area contributed by atoms with Gasteiger partial charge in [-0.2, -0.15) is 0 Å². The fourth-order valence-electron chi connectivity index (χ4n) is 3.67. The van der Waals surface area contributed by atoms with Crippen molar-refractivity contribution in [1.29, 1.82) is 0 Å². The van der Waals surface area contributed by atoms with Gasteiger partial charge in [-0.15, -0.1) is 0 Å². The third-order valence-corrected chi connectivity index (χ3v) is 5.14. The van der Waals surface area contributed by atoms with Crippen molar-refractivity contribution < 1.29 is 9.53 Å². The Kier molecular flexibility index (Phi) is 7.85. The van der Waals surface area contributed by atoms with Gasteiger partial charge in [-0.25, -0.2) is 0 Å². The van der Waals surface area contributed by atoms with Crippen LogP contribution < -0.4 is 10.6 Å². The van der Waals surface area contributed by atoms with Crippen LogP contribution >= 0.6 is 0 Å². The minimum absolute atomic E-state index is 0.0647. The van der Waals surface area contributed by atoms with Crippen molar-refractivity contribution >= 4 is 11.9 Å². The zero-order valence-electron chi connectivity index (χ0n) is 18.1. The highest BCUT2D eigenvalue weighted by molar-refractivity contribution is 5.94. The molecular weight excluding hydrogens is 376 g/mol. The van der Waals surface area contributed by atoms with Crippen LogP contribution in [0.3, 0.4) is 0 Å². The predicted octanol–water partition coefficient (Wildman–Crippen LogP) is 2.84. The van der Waals surface area contributed by atoms with E-state index in [-0.39, 0.29) is 18.1 Å². The summed E-state index contributed by atoms with van der Waals surface area (Å²) in [6, 6.07) is 18.2. The number of nitrogens with zero attached hydrogens (tertiary/aromatic N) is 2. The van der Waals surface area contributed by atoms with Gasteiger partial charge in [-0.3, -0.25) is 9.79 Å². The first kappa shape index (κ1) is 21.8. The van der Waals surface area contributed by atoms with Crippen LogP contribution in [0.15, 0.2) is 59.6 Å². The standard InChI is InChI=1S/C24H32N4O2/c1-18-16-28(17-19(2)30-18)23(29)22-11-9-21(10-12-22)15-27-24(25-3)26-14-13-20-7-5-4-6-8-20/h4-12,18-19H,13-17H2,1-3H3,(H2,25,26,27). The highest BCUT2D eigenvalue weighted by Crippen LogP contribution is 2.15. The monoisotopic (exact) mass is 408 g/mol. The van der Waals surface area contributed by atoms with Gasteiger partial charge in [0.05, 0.1) is 12.2 Å². The molecule has 1 amide bonds. The third kappa shape index (κ3) is 6.32. The maximum Gasteiger partial charge on any atom is 0.254 e. The molecule has 0 saturated carbocycles. The number of guanidine groups is 1. The van der Waals surface area contributed by atoms with E-state index in [0.29, 0.717) is 25.2 Å². The zero-order valence-corrected chi connectivity index (χ0v) is 18.1. The minimum atomic E-state index is 0.0647. The first-order chi connectivity index (χ1) is 14.5. The van der Waals surface area contributed by atoms with Gasteiger partial charge in [0.2, 0.25) is 0 Å². The fraction of sp³-hybridized carbons (Fsp3) is 0.417. The first-order valence-corrected chi connectivity index (χ1v) is 10.6. The Hall–Kier alpha value is -2.86. The summed E-state index contributed by atoms with van der Waals surface area (Å²) in [5.74, 6) is 0.831. The molecule has 3 rings (SSSR count). The molecule has 2 aromatic rings. The third-order valence-electron chi connectivity index (χ3n) is 5.14. The second-order valence-electron chi connectivity index (χ2n) is 7.75. The van der Waals surface area contributed by atoms with E-state index < -0.39 is 0 Å². The lowest BCUT2D eigenvalue weighted by Gasteiger charge is -2.35. The number of hydrogen-bond acceptors (Lipinski definition) is 3. The summed E-state index contributed by atoms with van der Waals surface area (Å²) in [4.78, 5) is 18.9. The fourth-order valence-corrected chi connectivity index (χ4v) is 3.67. The number of rotatable bonds is 6. The number of ether oxygens (including phenoxy) is 1. The Balaban J connectivity index is 1.47. The highest BCUT2D eigenvalue weighted by atomic mass is 16.5. The molecule has 30 heavy (non-hydrogen) atoms. The molecule has 1 heterocycles. The van der Waals surface area contributed by atoms with Crippen molar-refractivity contribution in [2.24, 2.45) is 4.99 Å². The van der Waals surface area contributed by atoms with Crippen molar-refractivity contribution in [2.75, 3.05) is 26.7 Å². The molecule has 2 N–H and O–H groups in total. The Morgan fingerprint density at radius 1 is 1.00 bits per heavy atom. The number of carbonyl (C=O) groups excluding carboxylic acids is 1. The number of carbonyl (C=O) groups is 1. The molecule has 1 aliphatic rings. The van der Waals surface area contributed by atoms with Crippen LogP contribution in [-0.2, 0) is 17.7 Å². The van der Waals surface area contributed by atoms with Crippen LogP contribution in [0.5, 0.6) is 0 Å².